The third kappa shape index (κ3) is 4.93. The predicted molar refractivity (Wildman–Crippen MR) is 119 cm³/mol. The standard InChI is InChI=1S/C25H35F3N2O3/c1-16(2)24(9-6-20(13-24)29-21-8-11-33-15-22(21)32-3)23(31)30-10-7-17-4-5-19(25(26,27)28)12-18(17)14-30/h4-5,12,16,20-22,29H,6-11,13-15H2,1-3H3/t20-,21-,22+,24+/m1/s1. The molecule has 4 rings (SSSR count). The van der Waals surface area contributed by atoms with E-state index >= 15 is 0 Å². The minimum Gasteiger partial charge on any atom is -0.379 e. The SMILES string of the molecule is CO[C@H]1COCC[C@H]1N[C@@H]1CC[C@@](C(=O)N2CCc3ccc(C(F)(F)F)cc3C2)(C(C)C)C1. The Hall–Kier alpha value is -1.64. The van der Waals surface area contributed by atoms with E-state index in [0.29, 0.717) is 31.7 Å². The lowest BCUT2D eigenvalue weighted by atomic mass is 9.73. The molecule has 3 aliphatic rings. The smallest absolute Gasteiger partial charge is 0.379 e. The van der Waals surface area contributed by atoms with Gasteiger partial charge in [-0.25, -0.2) is 0 Å². The number of hydrogen-bond donors (Lipinski definition) is 1. The Morgan fingerprint density at radius 1 is 1.27 bits per heavy atom. The van der Waals surface area contributed by atoms with Crippen LogP contribution in [-0.2, 0) is 33.4 Å². The van der Waals surface area contributed by atoms with E-state index in [4.69, 9.17) is 9.47 Å². The molecule has 184 valence electrons. The number of ether oxygens (including phenoxy) is 2. The molecule has 0 bridgehead atoms. The minimum absolute atomic E-state index is 0.00456. The number of methoxy groups -OCH3 is 1. The monoisotopic (exact) mass is 468 g/mol. The number of carbonyl (C=O) groups excluding carboxylic acids is 1. The average molecular weight is 469 g/mol. The van der Waals surface area contributed by atoms with Gasteiger partial charge in [-0.15, -0.1) is 0 Å². The van der Waals surface area contributed by atoms with Crippen molar-refractivity contribution in [3.8, 4) is 0 Å². The molecule has 4 atom stereocenters. The van der Waals surface area contributed by atoms with Crippen LogP contribution < -0.4 is 5.32 Å². The first-order valence-electron chi connectivity index (χ1n) is 12.0. The number of alkyl halides is 3. The molecule has 2 aliphatic heterocycles. The van der Waals surface area contributed by atoms with E-state index in [0.717, 1.165) is 37.3 Å². The lowest BCUT2D eigenvalue weighted by molar-refractivity contribution is -0.146. The summed E-state index contributed by atoms with van der Waals surface area (Å²) < 4.78 is 50.7. The third-order valence-electron chi connectivity index (χ3n) is 7.97. The lowest BCUT2D eigenvalue weighted by Gasteiger charge is -2.40. The summed E-state index contributed by atoms with van der Waals surface area (Å²) >= 11 is 0. The molecule has 0 spiro atoms. The Morgan fingerprint density at radius 3 is 2.76 bits per heavy atom. The highest BCUT2D eigenvalue weighted by atomic mass is 19.4. The van der Waals surface area contributed by atoms with Crippen molar-refractivity contribution in [3.63, 3.8) is 0 Å². The van der Waals surface area contributed by atoms with Crippen molar-refractivity contribution in [2.24, 2.45) is 11.3 Å². The van der Waals surface area contributed by atoms with E-state index in [1.165, 1.54) is 6.07 Å². The molecule has 2 fully saturated rings. The molecule has 8 heteroatoms. The molecule has 2 heterocycles. The fraction of sp³-hybridized carbons (Fsp3) is 0.720. The predicted octanol–water partition coefficient (Wildman–Crippen LogP) is 4.18. The highest BCUT2D eigenvalue weighted by Crippen LogP contribution is 2.47. The van der Waals surface area contributed by atoms with Gasteiger partial charge in [0.1, 0.15) is 0 Å². The Balaban J connectivity index is 1.48. The fourth-order valence-electron chi connectivity index (χ4n) is 5.84. The first kappa shape index (κ1) is 24.5. The van der Waals surface area contributed by atoms with E-state index in [2.05, 4.69) is 19.2 Å². The van der Waals surface area contributed by atoms with Crippen LogP contribution in [0, 0.1) is 11.3 Å². The highest BCUT2D eigenvalue weighted by molar-refractivity contribution is 5.84. The van der Waals surface area contributed by atoms with Crippen LogP contribution in [0.25, 0.3) is 0 Å². The first-order valence-corrected chi connectivity index (χ1v) is 12.0. The number of nitrogens with one attached hydrogen (secondary N) is 1. The van der Waals surface area contributed by atoms with Crippen LogP contribution in [0.4, 0.5) is 13.2 Å². The maximum Gasteiger partial charge on any atom is 0.416 e. The van der Waals surface area contributed by atoms with Crippen molar-refractivity contribution < 1.29 is 27.4 Å². The Bertz CT molecular complexity index is 860. The normalized spacial score (nSPS) is 30.5. The van der Waals surface area contributed by atoms with Crippen LogP contribution in [0.5, 0.6) is 0 Å². The largest absolute Gasteiger partial charge is 0.416 e. The summed E-state index contributed by atoms with van der Waals surface area (Å²) in [5.74, 6) is 0.229. The summed E-state index contributed by atoms with van der Waals surface area (Å²) in [4.78, 5) is 15.6. The highest BCUT2D eigenvalue weighted by Gasteiger charge is 2.50. The van der Waals surface area contributed by atoms with Crippen molar-refractivity contribution in [2.45, 2.75) is 76.9 Å². The molecule has 5 nitrogen and oxygen atoms in total. The van der Waals surface area contributed by atoms with Crippen molar-refractivity contribution in [2.75, 3.05) is 26.9 Å². The van der Waals surface area contributed by atoms with Crippen LogP contribution in [0.15, 0.2) is 18.2 Å². The number of rotatable bonds is 5. The van der Waals surface area contributed by atoms with Crippen LogP contribution in [-0.4, -0.2) is 55.9 Å². The van der Waals surface area contributed by atoms with Crippen LogP contribution in [0.2, 0.25) is 0 Å². The number of hydrogen-bond acceptors (Lipinski definition) is 4. The molecule has 0 unspecified atom stereocenters. The summed E-state index contributed by atoms with van der Waals surface area (Å²) in [5.41, 5.74) is 0.371. The topological polar surface area (TPSA) is 50.8 Å². The van der Waals surface area contributed by atoms with Gasteiger partial charge in [0.2, 0.25) is 5.91 Å². The minimum atomic E-state index is -4.38. The zero-order chi connectivity index (χ0) is 23.8. The molecule has 0 aromatic heterocycles. The Kier molecular flexibility index (Phi) is 7.08. The van der Waals surface area contributed by atoms with Gasteiger partial charge in [0, 0.05) is 38.9 Å². The number of amides is 1. The van der Waals surface area contributed by atoms with Crippen LogP contribution >= 0.6 is 0 Å². The van der Waals surface area contributed by atoms with Crippen LogP contribution in [0.3, 0.4) is 0 Å². The molecular weight excluding hydrogens is 433 g/mol. The maximum absolute atomic E-state index is 13.8. The zero-order valence-corrected chi connectivity index (χ0v) is 19.7. The van der Waals surface area contributed by atoms with Crippen molar-refractivity contribution >= 4 is 5.91 Å². The molecule has 1 aromatic carbocycles. The van der Waals surface area contributed by atoms with Crippen molar-refractivity contribution in [3.05, 3.63) is 34.9 Å². The molecule has 1 N–H and O–H groups in total. The molecule has 1 aromatic rings. The molecule has 1 aliphatic carbocycles. The second-order valence-corrected chi connectivity index (χ2v) is 10.1. The summed E-state index contributed by atoms with van der Waals surface area (Å²) in [6, 6.07) is 4.34. The van der Waals surface area contributed by atoms with E-state index in [9.17, 15) is 18.0 Å². The van der Waals surface area contributed by atoms with Crippen molar-refractivity contribution in [1.82, 2.24) is 10.2 Å². The van der Waals surface area contributed by atoms with Gasteiger partial charge in [-0.1, -0.05) is 19.9 Å². The quantitative estimate of drug-likeness (QED) is 0.705. The third-order valence-corrected chi connectivity index (χ3v) is 7.97. The molecular formula is C25H35F3N2O3. The summed E-state index contributed by atoms with van der Waals surface area (Å²) in [6.07, 6.45) is -0.480. The Labute approximate surface area is 194 Å². The number of nitrogens with zero attached hydrogens (tertiary/aromatic N) is 1. The van der Waals surface area contributed by atoms with Gasteiger partial charge in [0.25, 0.3) is 0 Å². The van der Waals surface area contributed by atoms with Gasteiger partial charge < -0.3 is 19.7 Å². The average Bonchev–Trinajstić information content (AvgIpc) is 3.23. The number of halogens is 3. The van der Waals surface area contributed by atoms with Gasteiger partial charge in [0.15, 0.2) is 0 Å². The maximum atomic E-state index is 13.8. The Morgan fingerprint density at radius 2 is 2.06 bits per heavy atom. The molecule has 1 saturated heterocycles. The fourth-order valence-corrected chi connectivity index (χ4v) is 5.84. The van der Waals surface area contributed by atoms with Gasteiger partial charge in [0.05, 0.1) is 23.7 Å². The number of fused-ring (bicyclic) bond motifs is 1. The molecule has 1 saturated carbocycles. The zero-order valence-electron chi connectivity index (χ0n) is 19.7. The molecule has 33 heavy (non-hydrogen) atoms. The van der Waals surface area contributed by atoms with Gasteiger partial charge >= 0.3 is 6.18 Å². The number of benzene rings is 1. The van der Waals surface area contributed by atoms with E-state index in [-0.39, 0.29) is 36.6 Å². The van der Waals surface area contributed by atoms with Gasteiger partial charge in [-0.2, -0.15) is 13.2 Å². The first-order chi connectivity index (χ1) is 15.6. The van der Waals surface area contributed by atoms with Gasteiger partial charge in [-0.05, 0) is 61.3 Å². The summed E-state index contributed by atoms with van der Waals surface area (Å²) in [7, 11) is 1.70. The second-order valence-electron chi connectivity index (χ2n) is 10.1. The summed E-state index contributed by atoms with van der Waals surface area (Å²) in [5, 5.41) is 3.73. The van der Waals surface area contributed by atoms with Crippen LogP contribution in [0.1, 0.15) is 56.2 Å². The van der Waals surface area contributed by atoms with Crippen molar-refractivity contribution in [1.29, 1.82) is 0 Å². The molecule has 0 radical (unpaired) electrons. The van der Waals surface area contributed by atoms with E-state index in [1.807, 2.05) is 0 Å². The summed E-state index contributed by atoms with van der Waals surface area (Å²) in [6.45, 7) is 6.25. The second kappa shape index (κ2) is 9.55. The lowest BCUT2D eigenvalue weighted by Crippen LogP contribution is -2.52. The van der Waals surface area contributed by atoms with Gasteiger partial charge in [-0.3, -0.25) is 4.79 Å². The molecule has 1 amide bonds. The van der Waals surface area contributed by atoms with E-state index in [1.54, 1.807) is 18.1 Å². The van der Waals surface area contributed by atoms with E-state index < -0.39 is 17.2 Å². The number of carbonyl (C=O) groups is 1.